The molecule has 114 valence electrons. The molecule has 1 heterocycles. The summed E-state index contributed by atoms with van der Waals surface area (Å²) in [4.78, 5) is 0.178. The molecule has 5 nitrogen and oxygen atoms in total. The van der Waals surface area contributed by atoms with Crippen molar-refractivity contribution in [2.24, 2.45) is 5.92 Å². The smallest absolute Gasteiger partial charge is 0.244 e. The van der Waals surface area contributed by atoms with Crippen LogP contribution in [-0.2, 0) is 16.6 Å². The maximum absolute atomic E-state index is 12.2. The molecule has 1 aliphatic rings. The van der Waals surface area contributed by atoms with Crippen molar-refractivity contribution in [3.05, 3.63) is 16.5 Å². The fourth-order valence-corrected chi connectivity index (χ4v) is 4.07. The molecular formula is C13H21BrN2O3S. The number of sulfonamides is 1. The van der Waals surface area contributed by atoms with Gasteiger partial charge in [-0.05, 0) is 41.2 Å². The van der Waals surface area contributed by atoms with Gasteiger partial charge in [-0.1, -0.05) is 19.8 Å². The largest absolute Gasteiger partial charge is 0.452 e. The predicted molar refractivity (Wildman–Crippen MR) is 80.9 cm³/mol. The molecule has 1 aliphatic carbocycles. The quantitative estimate of drug-likeness (QED) is 0.660. The third kappa shape index (κ3) is 4.58. The second-order valence-electron chi connectivity index (χ2n) is 5.11. The molecule has 0 bridgehead atoms. The summed E-state index contributed by atoms with van der Waals surface area (Å²) in [7, 11) is -3.49. The highest BCUT2D eigenvalue weighted by Gasteiger charge is 2.23. The van der Waals surface area contributed by atoms with Gasteiger partial charge in [0.15, 0.2) is 4.67 Å². The Morgan fingerprint density at radius 2 is 2.20 bits per heavy atom. The average molecular weight is 365 g/mol. The van der Waals surface area contributed by atoms with Gasteiger partial charge in [-0.2, -0.15) is 0 Å². The molecule has 0 aromatic carbocycles. The Bertz CT molecular complexity index is 538. The first-order valence-corrected chi connectivity index (χ1v) is 9.29. The van der Waals surface area contributed by atoms with Crippen molar-refractivity contribution in [3.8, 4) is 0 Å². The Morgan fingerprint density at radius 1 is 1.45 bits per heavy atom. The number of rotatable bonds is 9. The fraction of sp³-hybridized carbons (Fsp3) is 0.692. The van der Waals surface area contributed by atoms with Crippen LogP contribution in [0.5, 0.6) is 0 Å². The number of nitrogens with one attached hydrogen (secondary N) is 2. The van der Waals surface area contributed by atoms with Gasteiger partial charge >= 0.3 is 0 Å². The average Bonchev–Trinajstić information content (AvgIpc) is 3.14. The molecule has 0 unspecified atom stereocenters. The second kappa shape index (κ2) is 7.06. The van der Waals surface area contributed by atoms with E-state index in [-0.39, 0.29) is 9.56 Å². The van der Waals surface area contributed by atoms with Crippen molar-refractivity contribution >= 4 is 26.0 Å². The summed E-state index contributed by atoms with van der Waals surface area (Å²) >= 11 is 3.17. The molecule has 0 aliphatic heterocycles. The summed E-state index contributed by atoms with van der Waals surface area (Å²) in [5, 5.41) is 3.10. The summed E-state index contributed by atoms with van der Waals surface area (Å²) < 4.78 is 32.6. The van der Waals surface area contributed by atoms with Gasteiger partial charge in [-0.3, -0.25) is 0 Å². The lowest BCUT2D eigenvalue weighted by atomic mass is 10.2. The lowest BCUT2D eigenvalue weighted by molar-refractivity contribution is 0.464. The summed E-state index contributed by atoms with van der Waals surface area (Å²) in [6.07, 6.45) is 4.60. The van der Waals surface area contributed by atoms with E-state index in [4.69, 9.17) is 4.42 Å². The number of halogens is 1. The van der Waals surface area contributed by atoms with Crippen molar-refractivity contribution in [2.45, 2.75) is 44.0 Å². The molecule has 2 N–H and O–H groups in total. The maximum Gasteiger partial charge on any atom is 0.244 e. The minimum atomic E-state index is -3.49. The van der Waals surface area contributed by atoms with E-state index in [1.165, 1.54) is 12.8 Å². The minimum Gasteiger partial charge on any atom is -0.452 e. The first-order valence-electron chi connectivity index (χ1n) is 7.01. The monoisotopic (exact) mass is 364 g/mol. The summed E-state index contributed by atoms with van der Waals surface area (Å²) in [5.41, 5.74) is 0. The van der Waals surface area contributed by atoms with E-state index in [2.05, 4.69) is 26.0 Å². The fourth-order valence-electron chi connectivity index (χ4n) is 2.00. The van der Waals surface area contributed by atoms with Crippen LogP contribution >= 0.6 is 15.9 Å². The van der Waals surface area contributed by atoms with Crippen LogP contribution in [0, 0.1) is 5.92 Å². The van der Waals surface area contributed by atoms with Crippen LogP contribution in [0.2, 0.25) is 0 Å². The molecule has 2 rings (SSSR count). The van der Waals surface area contributed by atoms with Gasteiger partial charge in [0, 0.05) is 12.6 Å². The third-order valence-corrected chi connectivity index (χ3v) is 5.64. The van der Waals surface area contributed by atoms with Gasteiger partial charge in [-0.15, -0.1) is 0 Å². The van der Waals surface area contributed by atoms with E-state index in [0.29, 0.717) is 18.8 Å². The molecule has 0 amide bonds. The highest BCUT2D eigenvalue weighted by molar-refractivity contribution is 9.10. The van der Waals surface area contributed by atoms with Crippen molar-refractivity contribution in [3.63, 3.8) is 0 Å². The van der Waals surface area contributed by atoms with Crippen molar-refractivity contribution in [2.75, 3.05) is 13.1 Å². The first kappa shape index (κ1) is 16.0. The van der Waals surface area contributed by atoms with Gasteiger partial charge in [0.25, 0.3) is 0 Å². The Kier molecular flexibility index (Phi) is 5.65. The van der Waals surface area contributed by atoms with E-state index in [0.717, 1.165) is 25.3 Å². The lowest BCUT2D eigenvalue weighted by Crippen LogP contribution is -2.24. The number of furan rings is 1. The Hall–Kier alpha value is -0.370. The van der Waals surface area contributed by atoms with Crippen LogP contribution < -0.4 is 10.0 Å². The van der Waals surface area contributed by atoms with E-state index >= 15 is 0 Å². The Labute approximate surface area is 128 Å². The van der Waals surface area contributed by atoms with Crippen LogP contribution in [0.4, 0.5) is 0 Å². The van der Waals surface area contributed by atoms with Gasteiger partial charge in [0.05, 0.1) is 6.54 Å². The SMILES string of the molecule is CCNCc1cc(S(=O)(=O)NCCCC2CC2)c(Br)o1. The van der Waals surface area contributed by atoms with Crippen molar-refractivity contribution < 1.29 is 12.8 Å². The third-order valence-electron chi connectivity index (χ3n) is 3.32. The highest BCUT2D eigenvalue weighted by atomic mass is 79.9. The van der Waals surface area contributed by atoms with E-state index in [9.17, 15) is 8.42 Å². The molecule has 1 aromatic rings. The first-order chi connectivity index (χ1) is 9.53. The van der Waals surface area contributed by atoms with Crippen LogP contribution in [0.15, 0.2) is 20.0 Å². The summed E-state index contributed by atoms with van der Waals surface area (Å²) in [5.74, 6) is 1.43. The van der Waals surface area contributed by atoms with Crippen LogP contribution in [0.3, 0.4) is 0 Å². The zero-order chi connectivity index (χ0) is 14.6. The molecule has 1 saturated carbocycles. The molecule has 20 heavy (non-hydrogen) atoms. The highest BCUT2D eigenvalue weighted by Crippen LogP contribution is 2.33. The molecule has 0 saturated heterocycles. The van der Waals surface area contributed by atoms with Gasteiger partial charge in [-0.25, -0.2) is 13.1 Å². The predicted octanol–water partition coefficient (Wildman–Crippen LogP) is 2.62. The second-order valence-corrected chi connectivity index (χ2v) is 7.57. The molecule has 0 spiro atoms. The molecule has 0 atom stereocenters. The summed E-state index contributed by atoms with van der Waals surface area (Å²) in [6, 6.07) is 1.57. The molecule has 1 aromatic heterocycles. The molecule has 1 fully saturated rings. The molecule has 0 radical (unpaired) electrons. The Balaban J connectivity index is 1.91. The van der Waals surface area contributed by atoms with Crippen molar-refractivity contribution in [1.29, 1.82) is 0 Å². The Morgan fingerprint density at radius 3 is 2.85 bits per heavy atom. The minimum absolute atomic E-state index is 0.178. The summed E-state index contributed by atoms with van der Waals surface area (Å²) in [6.45, 7) is 3.79. The van der Waals surface area contributed by atoms with Crippen molar-refractivity contribution in [1.82, 2.24) is 10.0 Å². The van der Waals surface area contributed by atoms with Gasteiger partial charge in [0.2, 0.25) is 10.0 Å². The lowest BCUT2D eigenvalue weighted by Gasteiger charge is -2.04. The normalized spacial score (nSPS) is 15.7. The topological polar surface area (TPSA) is 71.3 Å². The number of hydrogen-bond acceptors (Lipinski definition) is 4. The zero-order valence-electron chi connectivity index (χ0n) is 11.6. The van der Waals surface area contributed by atoms with Crippen LogP contribution in [-0.4, -0.2) is 21.5 Å². The standard InChI is InChI=1S/C13H21BrN2O3S/c1-2-15-9-11-8-12(13(14)19-11)20(17,18)16-7-3-4-10-5-6-10/h8,10,15-16H,2-7,9H2,1H3. The molecular weight excluding hydrogens is 344 g/mol. The van der Waals surface area contributed by atoms with E-state index in [1.54, 1.807) is 6.07 Å². The molecule has 7 heteroatoms. The van der Waals surface area contributed by atoms with E-state index in [1.807, 2.05) is 6.92 Å². The van der Waals surface area contributed by atoms with Crippen LogP contribution in [0.1, 0.15) is 38.4 Å². The number of hydrogen-bond donors (Lipinski definition) is 2. The van der Waals surface area contributed by atoms with Gasteiger partial charge in [0.1, 0.15) is 10.7 Å². The maximum atomic E-state index is 12.2. The van der Waals surface area contributed by atoms with Crippen LogP contribution in [0.25, 0.3) is 0 Å². The van der Waals surface area contributed by atoms with Gasteiger partial charge < -0.3 is 9.73 Å². The van der Waals surface area contributed by atoms with E-state index < -0.39 is 10.0 Å². The zero-order valence-corrected chi connectivity index (χ0v) is 14.0.